The number of unbranched alkanes of at least 4 members (excludes halogenated alkanes) is 2. The van der Waals surface area contributed by atoms with Crippen molar-refractivity contribution in [3.05, 3.63) is 30.1 Å². The zero-order valence-corrected chi connectivity index (χ0v) is 12.3. The summed E-state index contributed by atoms with van der Waals surface area (Å²) in [5.41, 5.74) is 0.554. The summed E-state index contributed by atoms with van der Waals surface area (Å²) in [4.78, 5) is 25.8. The average Bonchev–Trinajstić information content (AvgIpc) is 2.83. The molecule has 1 atom stereocenters. The normalized spacial score (nSPS) is 18.1. The lowest BCUT2D eigenvalue weighted by Gasteiger charge is -2.16. The number of carbonyl (C=O) groups is 2. The van der Waals surface area contributed by atoms with Crippen LogP contribution in [0.4, 0.5) is 10.1 Å². The Morgan fingerprint density at radius 2 is 2.05 bits per heavy atom. The van der Waals surface area contributed by atoms with Crippen molar-refractivity contribution in [2.24, 2.45) is 5.92 Å². The summed E-state index contributed by atoms with van der Waals surface area (Å²) in [6.07, 6.45) is 3.44. The Labute approximate surface area is 124 Å². The molecule has 1 aliphatic rings. The van der Waals surface area contributed by atoms with Gasteiger partial charge in [-0.15, -0.1) is 0 Å². The minimum atomic E-state index is -0.342. The smallest absolute Gasteiger partial charge is 0.229 e. The Hall–Kier alpha value is -1.91. The van der Waals surface area contributed by atoms with Gasteiger partial charge in [0.15, 0.2) is 0 Å². The van der Waals surface area contributed by atoms with Gasteiger partial charge in [-0.25, -0.2) is 4.39 Å². The number of hydrogen-bond acceptors (Lipinski definition) is 2. The number of benzene rings is 1. The zero-order chi connectivity index (χ0) is 15.2. The molecule has 1 aliphatic heterocycles. The van der Waals surface area contributed by atoms with E-state index in [0.29, 0.717) is 12.2 Å². The van der Waals surface area contributed by atoms with Crippen LogP contribution in [0.3, 0.4) is 0 Å². The van der Waals surface area contributed by atoms with Crippen LogP contribution in [0.2, 0.25) is 0 Å². The highest BCUT2D eigenvalue weighted by molar-refractivity contribution is 5.97. The molecule has 0 saturated carbocycles. The molecular weight excluding hydrogens is 271 g/mol. The molecule has 5 heteroatoms. The highest BCUT2D eigenvalue weighted by Gasteiger charge is 2.33. The van der Waals surface area contributed by atoms with Crippen molar-refractivity contribution >= 4 is 17.5 Å². The van der Waals surface area contributed by atoms with E-state index in [1.807, 2.05) is 0 Å². The summed E-state index contributed by atoms with van der Waals surface area (Å²) in [5, 5.41) is 2.73. The summed E-state index contributed by atoms with van der Waals surface area (Å²) in [7, 11) is 0. The minimum absolute atomic E-state index is 0.0466. The quantitative estimate of drug-likeness (QED) is 0.820. The first-order valence-corrected chi connectivity index (χ1v) is 7.44. The third-order valence-electron chi connectivity index (χ3n) is 3.73. The van der Waals surface area contributed by atoms with Gasteiger partial charge in [0.2, 0.25) is 11.8 Å². The molecule has 0 aliphatic carbocycles. The largest absolute Gasteiger partial charge is 0.342 e. The van der Waals surface area contributed by atoms with Crippen LogP contribution in [0.25, 0.3) is 0 Å². The van der Waals surface area contributed by atoms with E-state index in [1.165, 1.54) is 24.3 Å². The summed E-state index contributed by atoms with van der Waals surface area (Å²) in [5.74, 6) is -0.784. The summed E-state index contributed by atoms with van der Waals surface area (Å²) >= 11 is 0. The van der Waals surface area contributed by atoms with E-state index in [1.54, 1.807) is 4.90 Å². The lowest BCUT2D eigenvalue weighted by atomic mass is 10.1. The van der Waals surface area contributed by atoms with E-state index in [-0.39, 0.29) is 30.0 Å². The fraction of sp³-hybridized carbons (Fsp3) is 0.500. The molecule has 1 unspecified atom stereocenters. The molecule has 1 aromatic rings. The highest BCUT2D eigenvalue weighted by atomic mass is 19.1. The van der Waals surface area contributed by atoms with Gasteiger partial charge in [-0.05, 0) is 30.7 Å². The van der Waals surface area contributed by atoms with Crippen LogP contribution in [-0.4, -0.2) is 29.8 Å². The van der Waals surface area contributed by atoms with Crippen molar-refractivity contribution in [2.75, 3.05) is 18.4 Å². The van der Waals surface area contributed by atoms with Crippen molar-refractivity contribution < 1.29 is 14.0 Å². The Kier molecular flexibility index (Phi) is 5.31. The van der Waals surface area contributed by atoms with E-state index in [9.17, 15) is 14.0 Å². The van der Waals surface area contributed by atoms with Crippen LogP contribution in [0.1, 0.15) is 32.6 Å². The maximum atomic E-state index is 12.8. The summed E-state index contributed by atoms with van der Waals surface area (Å²) in [6, 6.07) is 5.63. The van der Waals surface area contributed by atoms with Crippen molar-refractivity contribution in [3.8, 4) is 0 Å². The summed E-state index contributed by atoms with van der Waals surface area (Å²) in [6.45, 7) is 3.33. The predicted molar refractivity (Wildman–Crippen MR) is 79.2 cm³/mol. The van der Waals surface area contributed by atoms with E-state index in [0.717, 1.165) is 25.8 Å². The van der Waals surface area contributed by atoms with Gasteiger partial charge in [-0.3, -0.25) is 9.59 Å². The first-order chi connectivity index (χ1) is 10.1. The number of hydrogen-bond donors (Lipinski definition) is 1. The number of anilines is 1. The molecular formula is C16H21FN2O2. The van der Waals surface area contributed by atoms with Gasteiger partial charge in [0.05, 0.1) is 5.92 Å². The number of halogens is 1. The number of nitrogens with one attached hydrogen (secondary N) is 1. The molecule has 114 valence electrons. The van der Waals surface area contributed by atoms with Gasteiger partial charge >= 0.3 is 0 Å². The molecule has 0 bridgehead atoms. The molecule has 1 saturated heterocycles. The van der Waals surface area contributed by atoms with Crippen LogP contribution in [0.5, 0.6) is 0 Å². The second kappa shape index (κ2) is 7.20. The number of amides is 2. The van der Waals surface area contributed by atoms with Gasteiger partial charge in [0.25, 0.3) is 0 Å². The average molecular weight is 292 g/mol. The van der Waals surface area contributed by atoms with Gasteiger partial charge in [0, 0.05) is 25.2 Å². The van der Waals surface area contributed by atoms with E-state index in [4.69, 9.17) is 0 Å². The van der Waals surface area contributed by atoms with E-state index >= 15 is 0 Å². The topological polar surface area (TPSA) is 49.4 Å². The van der Waals surface area contributed by atoms with Crippen LogP contribution in [0.15, 0.2) is 24.3 Å². The molecule has 21 heavy (non-hydrogen) atoms. The lowest BCUT2D eigenvalue weighted by molar-refractivity contribution is -0.128. The molecule has 0 aromatic heterocycles. The van der Waals surface area contributed by atoms with Crippen molar-refractivity contribution in [1.29, 1.82) is 0 Å². The molecule has 2 rings (SSSR count). The number of rotatable bonds is 6. The van der Waals surface area contributed by atoms with E-state index in [2.05, 4.69) is 12.2 Å². The maximum absolute atomic E-state index is 12.8. The molecule has 1 heterocycles. The second-order valence-electron chi connectivity index (χ2n) is 5.44. The Morgan fingerprint density at radius 1 is 1.33 bits per heavy atom. The Balaban J connectivity index is 1.86. The maximum Gasteiger partial charge on any atom is 0.229 e. The standard InChI is InChI=1S/C16H21FN2O2/c1-2-3-4-9-19-11-12(10-15(19)20)16(21)18-14-7-5-13(17)6-8-14/h5-8,12H,2-4,9-11H2,1H3,(H,18,21). The zero-order valence-electron chi connectivity index (χ0n) is 12.3. The molecule has 4 nitrogen and oxygen atoms in total. The summed E-state index contributed by atoms with van der Waals surface area (Å²) < 4.78 is 12.8. The highest BCUT2D eigenvalue weighted by Crippen LogP contribution is 2.20. The first-order valence-electron chi connectivity index (χ1n) is 7.44. The Bertz CT molecular complexity index is 502. The first kappa shape index (κ1) is 15.5. The number of carbonyl (C=O) groups excluding carboxylic acids is 2. The van der Waals surface area contributed by atoms with Crippen molar-refractivity contribution in [1.82, 2.24) is 4.90 Å². The van der Waals surface area contributed by atoms with Gasteiger partial charge < -0.3 is 10.2 Å². The van der Waals surface area contributed by atoms with Crippen molar-refractivity contribution in [3.63, 3.8) is 0 Å². The van der Waals surface area contributed by atoms with Gasteiger partial charge in [-0.1, -0.05) is 19.8 Å². The predicted octanol–water partition coefficient (Wildman–Crippen LogP) is 2.80. The molecule has 0 spiro atoms. The van der Waals surface area contributed by atoms with Gasteiger partial charge in [0.1, 0.15) is 5.82 Å². The van der Waals surface area contributed by atoms with Crippen LogP contribution < -0.4 is 5.32 Å². The SMILES string of the molecule is CCCCCN1CC(C(=O)Nc2ccc(F)cc2)CC1=O. The van der Waals surface area contributed by atoms with E-state index < -0.39 is 0 Å². The van der Waals surface area contributed by atoms with Crippen LogP contribution in [0, 0.1) is 11.7 Å². The fourth-order valence-electron chi connectivity index (χ4n) is 2.49. The minimum Gasteiger partial charge on any atom is -0.342 e. The number of likely N-dealkylation sites (tertiary alicyclic amines) is 1. The third-order valence-corrected chi connectivity index (χ3v) is 3.73. The third kappa shape index (κ3) is 4.28. The second-order valence-corrected chi connectivity index (χ2v) is 5.44. The molecule has 1 fully saturated rings. The molecule has 1 N–H and O–H groups in total. The van der Waals surface area contributed by atoms with Crippen molar-refractivity contribution in [2.45, 2.75) is 32.6 Å². The molecule has 1 aromatic carbocycles. The lowest BCUT2D eigenvalue weighted by Crippen LogP contribution is -2.29. The Morgan fingerprint density at radius 3 is 2.71 bits per heavy atom. The van der Waals surface area contributed by atoms with Crippen LogP contribution >= 0.6 is 0 Å². The monoisotopic (exact) mass is 292 g/mol. The van der Waals surface area contributed by atoms with Gasteiger partial charge in [-0.2, -0.15) is 0 Å². The fourth-order valence-corrected chi connectivity index (χ4v) is 2.49. The molecule has 0 radical (unpaired) electrons. The van der Waals surface area contributed by atoms with Crippen LogP contribution in [-0.2, 0) is 9.59 Å². The molecule has 2 amide bonds. The number of nitrogens with zero attached hydrogens (tertiary/aromatic N) is 1.